The third-order valence-electron chi connectivity index (χ3n) is 2.76. The summed E-state index contributed by atoms with van der Waals surface area (Å²) in [7, 11) is -2.36. The van der Waals surface area contributed by atoms with Crippen molar-refractivity contribution in [2.24, 2.45) is 14.1 Å². The molecule has 11 heteroatoms. The molecule has 1 heterocycles. The second-order valence-corrected chi connectivity index (χ2v) is 6.87. The summed E-state index contributed by atoms with van der Waals surface area (Å²) in [6, 6.07) is 7.41. The molecule has 1 aromatic heterocycles. The normalized spacial score (nSPS) is 11.6. The minimum atomic E-state index is -6.09. The summed E-state index contributed by atoms with van der Waals surface area (Å²) in [4.78, 5) is 12.2. The van der Waals surface area contributed by atoms with Crippen LogP contribution in [-0.4, -0.2) is 28.8 Å². The lowest BCUT2D eigenvalue weighted by molar-refractivity contribution is -0.672. The van der Waals surface area contributed by atoms with Crippen LogP contribution in [-0.2, 0) is 24.2 Å². The largest absolute Gasteiger partial charge is 0.741 e. The van der Waals surface area contributed by atoms with Crippen molar-refractivity contribution < 1.29 is 35.5 Å². The number of carbonyl (C=O) groups excluding carboxylic acids is 1. The number of benzene rings is 1. The molecule has 0 aliphatic heterocycles. The van der Waals surface area contributed by atoms with Gasteiger partial charge in [0.2, 0.25) is 0 Å². The number of nitrogens with zero attached hydrogens (tertiary/aromatic N) is 2. The molecule has 2 rings (SSSR count). The maximum absolute atomic E-state index is 12.2. The van der Waals surface area contributed by atoms with Crippen LogP contribution in [0, 0.1) is 0 Å². The Balaban J connectivity index is 0.000000307. The lowest BCUT2D eigenvalue weighted by atomic mass is 10.1. The van der Waals surface area contributed by atoms with Gasteiger partial charge in [-0.05, 0) is 12.1 Å². The Hall–Kier alpha value is -1.72. The average Bonchev–Trinajstić information content (AvgIpc) is 2.76. The van der Waals surface area contributed by atoms with Crippen molar-refractivity contribution in [3.05, 3.63) is 52.5 Å². The van der Waals surface area contributed by atoms with Crippen molar-refractivity contribution in [1.29, 1.82) is 0 Å². The molecule has 0 aliphatic rings. The first-order valence-electron chi connectivity index (χ1n) is 6.18. The van der Waals surface area contributed by atoms with E-state index in [9.17, 15) is 18.0 Å². The molecule has 0 atom stereocenters. The molecule has 0 spiro atoms. The lowest BCUT2D eigenvalue weighted by Crippen LogP contribution is -2.35. The van der Waals surface area contributed by atoms with E-state index >= 15 is 0 Å². The first kappa shape index (κ1) is 20.3. The minimum Gasteiger partial charge on any atom is -0.741 e. The number of carbonyl (C=O) groups is 1. The Kier molecular flexibility index (Phi) is 6.31. The average molecular weight is 429 g/mol. The maximum Gasteiger partial charge on any atom is 0.485 e. The minimum absolute atomic E-state index is 0.0244. The van der Waals surface area contributed by atoms with Crippen molar-refractivity contribution in [2.75, 3.05) is 0 Å². The molecule has 132 valence electrons. The van der Waals surface area contributed by atoms with E-state index in [1.54, 1.807) is 0 Å². The first-order valence-corrected chi connectivity index (χ1v) is 8.38. The summed E-state index contributed by atoms with van der Waals surface area (Å²) in [6.45, 7) is 0. The fraction of sp³-hybridized carbons (Fsp3) is 0.231. The van der Waals surface area contributed by atoms with E-state index in [0.29, 0.717) is 11.4 Å². The highest BCUT2D eigenvalue weighted by Gasteiger charge is 2.36. The van der Waals surface area contributed by atoms with Crippen molar-refractivity contribution in [2.45, 2.75) is 5.51 Å². The number of halogens is 4. The van der Waals surface area contributed by atoms with Crippen LogP contribution in [0.3, 0.4) is 0 Å². The van der Waals surface area contributed by atoms with Gasteiger partial charge in [-0.2, -0.15) is 13.2 Å². The fourth-order valence-electron chi connectivity index (χ4n) is 1.67. The highest BCUT2D eigenvalue weighted by atomic mass is 79.9. The first-order chi connectivity index (χ1) is 10.8. The monoisotopic (exact) mass is 428 g/mol. The van der Waals surface area contributed by atoms with Crippen LogP contribution in [0.1, 0.15) is 16.2 Å². The fourth-order valence-corrected chi connectivity index (χ4v) is 2.07. The number of hydrogen-bond acceptors (Lipinski definition) is 4. The number of aryl methyl sites for hydroxylation is 2. The van der Waals surface area contributed by atoms with E-state index in [1.165, 1.54) is 0 Å². The molecule has 24 heavy (non-hydrogen) atoms. The van der Waals surface area contributed by atoms with Gasteiger partial charge in [0, 0.05) is 10.0 Å². The van der Waals surface area contributed by atoms with Crippen molar-refractivity contribution in [1.82, 2.24) is 4.57 Å². The topological polar surface area (TPSA) is 83.1 Å². The smallest absolute Gasteiger partial charge is 0.485 e. The molecule has 0 amide bonds. The Morgan fingerprint density at radius 2 is 1.88 bits per heavy atom. The molecule has 1 aromatic carbocycles. The van der Waals surface area contributed by atoms with Crippen LogP contribution in [0.25, 0.3) is 0 Å². The maximum atomic E-state index is 12.2. The van der Waals surface area contributed by atoms with Gasteiger partial charge in [-0.25, -0.2) is 17.6 Å². The van der Waals surface area contributed by atoms with Gasteiger partial charge in [0.15, 0.2) is 10.1 Å². The summed E-state index contributed by atoms with van der Waals surface area (Å²) in [5.74, 6) is 0.689. The van der Waals surface area contributed by atoms with E-state index in [4.69, 9.17) is 13.0 Å². The second kappa shape index (κ2) is 7.45. The highest BCUT2D eigenvalue weighted by molar-refractivity contribution is 9.10. The molecule has 0 radical (unpaired) electrons. The zero-order valence-electron chi connectivity index (χ0n) is 12.4. The van der Waals surface area contributed by atoms with Gasteiger partial charge in [-0.1, -0.05) is 28.1 Å². The quantitative estimate of drug-likeness (QED) is 0.316. The Bertz CT molecular complexity index is 828. The van der Waals surface area contributed by atoms with Crippen LogP contribution < -0.4 is 4.57 Å². The number of hydrogen-bond donors (Lipinski definition) is 0. The number of alkyl halides is 3. The van der Waals surface area contributed by atoms with Crippen LogP contribution in [0.15, 0.2) is 41.1 Å². The van der Waals surface area contributed by atoms with Crippen molar-refractivity contribution in [3.63, 3.8) is 0 Å². The SMILES string of the molecule is Cn1cc[n+](C)c1C(=O)c1cccc(Br)c1.O=S(=O)([O-])C(F)(F)F. The molecule has 0 fully saturated rings. The van der Waals surface area contributed by atoms with Crippen LogP contribution in [0.2, 0.25) is 0 Å². The standard InChI is InChI=1S/C12H12BrN2O.CHF3O3S/c1-14-6-7-15(2)12(14)11(16)9-4-3-5-10(13)8-9;2-1(3,4)8(5,6)7/h3-8H,1-2H3;(H,5,6,7)/q+1;/p-1. The van der Waals surface area contributed by atoms with Gasteiger partial charge < -0.3 is 4.55 Å². The molecule has 0 unspecified atom stereocenters. The van der Waals surface area contributed by atoms with E-state index in [-0.39, 0.29) is 5.78 Å². The predicted molar refractivity (Wildman–Crippen MR) is 79.9 cm³/mol. The molecule has 0 aliphatic carbocycles. The van der Waals surface area contributed by atoms with E-state index in [1.807, 2.05) is 59.9 Å². The van der Waals surface area contributed by atoms with Gasteiger partial charge in [0.25, 0.3) is 5.78 Å². The molecule has 0 saturated heterocycles. The van der Waals surface area contributed by atoms with Gasteiger partial charge in [-0.3, -0.25) is 4.79 Å². The van der Waals surface area contributed by atoms with Crippen LogP contribution in [0.5, 0.6) is 0 Å². The Morgan fingerprint density at radius 1 is 1.33 bits per heavy atom. The van der Waals surface area contributed by atoms with Gasteiger partial charge >= 0.3 is 11.3 Å². The number of rotatable bonds is 2. The molecule has 0 bridgehead atoms. The Morgan fingerprint density at radius 3 is 2.25 bits per heavy atom. The predicted octanol–water partition coefficient (Wildman–Crippen LogP) is 1.89. The van der Waals surface area contributed by atoms with Crippen molar-refractivity contribution >= 4 is 31.8 Å². The summed E-state index contributed by atoms with van der Waals surface area (Å²) < 4.78 is 63.5. The van der Waals surface area contributed by atoms with Gasteiger partial charge in [0.05, 0.1) is 14.1 Å². The van der Waals surface area contributed by atoms with Crippen molar-refractivity contribution in [3.8, 4) is 0 Å². The third kappa shape index (κ3) is 5.14. The lowest BCUT2D eigenvalue weighted by Gasteiger charge is -2.08. The molecule has 2 aromatic rings. The number of aromatic nitrogens is 2. The van der Waals surface area contributed by atoms with Gasteiger partial charge in [-0.15, -0.1) is 0 Å². The summed E-state index contributed by atoms with van der Waals surface area (Å²) >= 11 is 3.36. The molecule has 0 saturated carbocycles. The molecular weight excluding hydrogens is 417 g/mol. The second-order valence-electron chi connectivity index (χ2n) is 4.58. The van der Waals surface area contributed by atoms with Gasteiger partial charge in [0.1, 0.15) is 12.4 Å². The molecule has 0 N–H and O–H groups in total. The van der Waals surface area contributed by atoms with Crippen LogP contribution in [0.4, 0.5) is 13.2 Å². The zero-order chi connectivity index (χ0) is 18.7. The Labute approximate surface area is 144 Å². The summed E-state index contributed by atoms with van der Waals surface area (Å²) in [5.41, 5.74) is -4.96. The molecule has 6 nitrogen and oxygen atoms in total. The third-order valence-corrected chi connectivity index (χ3v) is 3.82. The summed E-state index contributed by atoms with van der Waals surface area (Å²) in [5, 5.41) is 0. The van der Waals surface area contributed by atoms with Crippen LogP contribution >= 0.6 is 15.9 Å². The zero-order valence-corrected chi connectivity index (χ0v) is 14.8. The van der Waals surface area contributed by atoms with E-state index in [0.717, 1.165) is 4.47 Å². The molecular formula is C13H12BrF3N2O4S. The van der Waals surface area contributed by atoms with E-state index < -0.39 is 15.6 Å². The number of ketones is 1. The highest BCUT2D eigenvalue weighted by Crippen LogP contribution is 2.20. The summed E-state index contributed by atoms with van der Waals surface area (Å²) in [6.07, 6.45) is 3.73. The number of imidazole rings is 1. The van der Waals surface area contributed by atoms with E-state index in [2.05, 4.69) is 15.9 Å².